The number of hydrogen-bond donors (Lipinski definition) is 0. The number of imidazole rings is 1. The minimum atomic E-state index is -0.218. The lowest BCUT2D eigenvalue weighted by atomic mass is 10.1. The summed E-state index contributed by atoms with van der Waals surface area (Å²) in [4.78, 5) is 4.24. The third kappa shape index (κ3) is 1.69. The summed E-state index contributed by atoms with van der Waals surface area (Å²) in [5.74, 6) is 0.711. The minimum Gasteiger partial charge on any atom is -0.303 e. The Labute approximate surface area is 98.4 Å². The first-order chi connectivity index (χ1) is 8.24. The monoisotopic (exact) mass is 226 g/mol. The first kappa shape index (κ1) is 10.0. The van der Waals surface area contributed by atoms with Crippen molar-refractivity contribution in [2.45, 2.75) is 6.92 Å². The zero-order chi connectivity index (χ0) is 11.8. The molecule has 0 bridgehead atoms. The third-order valence-corrected chi connectivity index (χ3v) is 2.87. The number of aryl methyl sites for hydroxylation is 1. The average Bonchev–Trinajstić information content (AvgIpc) is 2.71. The summed E-state index contributed by atoms with van der Waals surface area (Å²) < 4.78 is 15.2. The number of nitrogens with zero attached hydrogens (tertiary/aromatic N) is 2. The summed E-state index contributed by atoms with van der Waals surface area (Å²) in [5.41, 5.74) is 2.90. The van der Waals surface area contributed by atoms with E-state index in [1.165, 1.54) is 12.1 Å². The van der Waals surface area contributed by atoms with Gasteiger partial charge in [0, 0.05) is 6.20 Å². The lowest BCUT2D eigenvalue weighted by Gasteiger charge is -2.04. The maximum atomic E-state index is 13.2. The van der Waals surface area contributed by atoms with E-state index in [4.69, 9.17) is 0 Å². The highest BCUT2D eigenvalue weighted by Gasteiger charge is 2.03. The summed E-state index contributed by atoms with van der Waals surface area (Å²) in [6, 6.07) is 10.6. The molecule has 3 rings (SSSR count). The van der Waals surface area contributed by atoms with Crippen molar-refractivity contribution < 1.29 is 4.39 Å². The van der Waals surface area contributed by atoms with E-state index >= 15 is 0 Å². The first-order valence-corrected chi connectivity index (χ1v) is 5.44. The fourth-order valence-corrected chi connectivity index (χ4v) is 1.96. The van der Waals surface area contributed by atoms with E-state index in [0.29, 0.717) is 0 Å². The summed E-state index contributed by atoms with van der Waals surface area (Å²) in [6.07, 6.45) is 3.80. The fraction of sp³-hybridized carbons (Fsp3) is 0.0714. The molecule has 0 aliphatic carbocycles. The summed E-state index contributed by atoms with van der Waals surface area (Å²) in [7, 11) is 0. The Kier molecular flexibility index (Phi) is 2.18. The number of fused-ring (bicyclic) bond motifs is 1. The molecule has 2 nitrogen and oxygen atoms in total. The van der Waals surface area contributed by atoms with Crippen molar-refractivity contribution in [2.24, 2.45) is 0 Å². The fourth-order valence-electron chi connectivity index (χ4n) is 1.96. The van der Waals surface area contributed by atoms with E-state index in [2.05, 4.69) is 4.98 Å². The second-order valence-corrected chi connectivity index (χ2v) is 4.03. The zero-order valence-corrected chi connectivity index (χ0v) is 9.39. The molecule has 2 aromatic heterocycles. The van der Waals surface area contributed by atoms with E-state index in [0.717, 1.165) is 22.5 Å². The van der Waals surface area contributed by atoms with Crippen LogP contribution in [0, 0.1) is 12.7 Å². The normalized spacial score (nSPS) is 10.9. The predicted octanol–water partition coefficient (Wildman–Crippen LogP) is 3.45. The van der Waals surface area contributed by atoms with Gasteiger partial charge in [0.15, 0.2) is 0 Å². The van der Waals surface area contributed by atoms with E-state index in [1.54, 1.807) is 6.07 Å². The lowest BCUT2D eigenvalue weighted by Crippen LogP contribution is -1.89. The molecule has 3 heteroatoms. The number of rotatable bonds is 1. The summed E-state index contributed by atoms with van der Waals surface area (Å²) in [6.45, 7) is 1.95. The van der Waals surface area contributed by atoms with Crippen LogP contribution in [0.1, 0.15) is 5.82 Å². The first-order valence-electron chi connectivity index (χ1n) is 5.44. The van der Waals surface area contributed by atoms with Gasteiger partial charge in [-0.2, -0.15) is 0 Å². The smallest absolute Gasteiger partial charge is 0.123 e. The highest BCUT2D eigenvalue weighted by Crippen LogP contribution is 2.21. The van der Waals surface area contributed by atoms with Gasteiger partial charge in [0.1, 0.15) is 11.6 Å². The molecule has 0 saturated carbocycles. The van der Waals surface area contributed by atoms with Gasteiger partial charge >= 0.3 is 0 Å². The van der Waals surface area contributed by atoms with Gasteiger partial charge in [0.05, 0.1) is 11.7 Å². The average molecular weight is 226 g/mol. The maximum Gasteiger partial charge on any atom is 0.123 e. The van der Waals surface area contributed by atoms with Crippen LogP contribution in [-0.2, 0) is 0 Å². The summed E-state index contributed by atoms with van der Waals surface area (Å²) in [5, 5.41) is 0. The van der Waals surface area contributed by atoms with Crippen molar-refractivity contribution in [1.29, 1.82) is 0 Å². The lowest BCUT2D eigenvalue weighted by molar-refractivity contribution is 0.628. The van der Waals surface area contributed by atoms with Gasteiger partial charge in [-0.1, -0.05) is 18.2 Å². The zero-order valence-electron chi connectivity index (χ0n) is 9.39. The molecule has 0 unspecified atom stereocenters. The molecule has 0 spiro atoms. The Hall–Kier alpha value is -2.16. The largest absolute Gasteiger partial charge is 0.303 e. The molecule has 84 valence electrons. The molecule has 2 heterocycles. The third-order valence-electron chi connectivity index (χ3n) is 2.87. The van der Waals surface area contributed by atoms with Crippen LogP contribution < -0.4 is 0 Å². The number of benzene rings is 1. The van der Waals surface area contributed by atoms with E-state index in [-0.39, 0.29) is 5.82 Å². The topological polar surface area (TPSA) is 17.3 Å². The van der Waals surface area contributed by atoms with Crippen molar-refractivity contribution in [1.82, 2.24) is 9.38 Å². The van der Waals surface area contributed by atoms with Crippen LogP contribution in [0.15, 0.2) is 48.8 Å². The van der Waals surface area contributed by atoms with Gasteiger partial charge in [0.25, 0.3) is 0 Å². The van der Waals surface area contributed by atoms with Crippen molar-refractivity contribution >= 4 is 5.52 Å². The quantitative estimate of drug-likeness (QED) is 0.621. The van der Waals surface area contributed by atoms with E-state index in [9.17, 15) is 4.39 Å². The number of halogens is 1. The predicted molar refractivity (Wildman–Crippen MR) is 65.3 cm³/mol. The van der Waals surface area contributed by atoms with Gasteiger partial charge in [-0.05, 0) is 36.2 Å². The summed E-state index contributed by atoms with van der Waals surface area (Å²) >= 11 is 0. The van der Waals surface area contributed by atoms with Crippen LogP contribution in [-0.4, -0.2) is 9.38 Å². The van der Waals surface area contributed by atoms with Gasteiger partial charge in [0.2, 0.25) is 0 Å². The molecule has 0 amide bonds. The Morgan fingerprint density at radius 1 is 1.12 bits per heavy atom. The van der Waals surface area contributed by atoms with Crippen LogP contribution >= 0.6 is 0 Å². The number of aromatic nitrogens is 2. The highest BCUT2D eigenvalue weighted by atomic mass is 19.1. The van der Waals surface area contributed by atoms with E-state index in [1.807, 2.05) is 41.9 Å². The second kappa shape index (κ2) is 3.70. The van der Waals surface area contributed by atoms with Crippen LogP contribution in [0.3, 0.4) is 0 Å². The van der Waals surface area contributed by atoms with Crippen molar-refractivity contribution in [3.63, 3.8) is 0 Å². The molecule has 0 aliphatic rings. The molecule has 0 fully saturated rings. The number of pyridine rings is 1. The Morgan fingerprint density at radius 3 is 2.82 bits per heavy atom. The van der Waals surface area contributed by atoms with Crippen LogP contribution in [0.5, 0.6) is 0 Å². The molecule has 17 heavy (non-hydrogen) atoms. The highest BCUT2D eigenvalue weighted by molar-refractivity contribution is 5.65. The SMILES string of the molecule is Cc1ncc2ccc(-c3cccc(F)c3)cn12. The van der Waals surface area contributed by atoms with Crippen LogP contribution in [0.4, 0.5) is 4.39 Å². The molecule has 0 aliphatic heterocycles. The van der Waals surface area contributed by atoms with Gasteiger partial charge in [-0.3, -0.25) is 0 Å². The Balaban J connectivity index is 2.20. The number of hydrogen-bond acceptors (Lipinski definition) is 1. The molecule has 0 atom stereocenters. The van der Waals surface area contributed by atoms with Crippen molar-refractivity contribution in [3.05, 3.63) is 60.4 Å². The van der Waals surface area contributed by atoms with Gasteiger partial charge < -0.3 is 4.40 Å². The van der Waals surface area contributed by atoms with E-state index < -0.39 is 0 Å². The molecule has 1 aromatic carbocycles. The molecular formula is C14H11FN2. The Morgan fingerprint density at radius 2 is 2.00 bits per heavy atom. The van der Waals surface area contributed by atoms with Crippen molar-refractivity contribution in [2.75, 3.05) is 0 Å². The minimum absolute atomic E-state index is 0.218. The van der Waals surface area contributed by atoms with Crippen LogP contribution in [0.2, 0.25) is 0 Å². The molecule has 3 aromatic rings. The standard InChI is InChI=1S/C14H11FN2/c1-10-16-8-14-6-5-12(9-17(10)14)11-3-2-4-13(15)7-11/h2-9H,1H3. The molecular weight excluding hydrogens is 215 g/mol. The van der Waals surface area contributed by atoms with Gasteiger partial charge in [-0.15, -0.1) is 0 Å². The molecule has 0 saturated heterocycles. The molecule has 0 radical (unpaired) electrons. The Bertz CT molecular complexity index is 686. The van der Waals surface area contributed by atoms with Gasteiger partial charge in [-0.25, -0.2) is 9.37 Å². The maximum absolute atomic E-state index is 13.2. The second-order valence-electron chi connectivity index (χ2n) is 4.03. The molecule has 0 N–H and O–H groups in total. The van der Waals surface area contributed by atoms with Crippen molar-refractivity contribution in [3.8, 4) is 11.1 Å². The van der Waals surface area contributed by atoms with Crippen LogP contribution in [0.25, 0.3) is 16.6 Å².